The van der Waals surface area contributed by atoms with Gasteiger partial charge >= 0.3 is 0 Å². The minimum atomic E-state index is -0.168. The van der Waals surface area contributed by atoms with Gasteiger partial charge in [0.05, 0.1) is 6.10 Å². The Labute approximate surface area is 139 Å². The zero-order valence-corrected chi connectivity index (χ0v) is 14.1. The van der Waals surface area contributed by atoms with Gasteiger partial charge in [-0.3, -0.25) is 9.69 Å². The average molecular weight is 316 g/mol. The zero-order valence-electron chi connectivity index (χ0n) is 14.1. The van der Waals surface area contributed by atoms with Crippen molar-refractivity contribution in [2.24, 2.45) is 0 Å². The lowest BCUT2D eigenvalue weighted by Gasteiger charge is -2.39. The van der Waals surface area contributed by atoms with Gasteiger partial charge in [-0.2, -0.15) is 0 Å². The standard InChI is InChI=1S/C19H28N2O2/c1-15-5-2-3-6-16(15)9-10-19(23)21-13-11-20(12-14-21)17-7-4-8-18(17)22/h2-3,5-6,17-18,22H,4,7-14H2,1H3/t17-,18-/m0/s1. The highest BCUT2D eigenvalue weighted by atomic mass is 16.3. The number of nitrogens with zero attached hydrogens (tertiary/aromatic N) is 2. The number of benzene rings is 1. The van der Waals surface area contributed by atoms with Crippen LogP contribution in [0.3, 0.4) is 0 Å². The van der Waals surface area contributed by atoms with Crippen LogP contribution in [-0.4, -0.2) is 59.1 Å². The number of carbonyl (C=O) groups excluding carboxylic acids is 1. The third-order valence-corrected chi connectivity index (χ3v) is 5.45. The van der Waals surface area contributed by atoms with Gasteiger partial charge in [0.25, 0.3) is 0 Å². The van der Waals surface area contributed by atoms with Crippen molar-refractivity contribution in [1.29, 1.82) is 0 Å². The third kappa shape index (κ3) is 3.93. The SMILES string of the molecule is Cc1ccccc1CCC(=O)N1CCN([C@H]2CCC[C@@H]2O)CC1. The molecule has 1 N–H and O–H groups in total. The molecule has 4 nitrogen and oxygen atoms in total. The Balaban J connectivity index is 1.46. The highest BCUT2D eigenvalue weighted by Gasteiger charge is 2.33. The Morgan fingerprint density at radius 2 is 1.91 bits per heavy atom. The zero-order chi connectivity index (χ0) is 16.2. The maximum Gasteiger partial charge on any atom is 0.222 e. The summed E-state index contributed by atoms with van der Waals surface area (Å²) in [5.41, 5.74) is 2.54. The number of carbonyl (C=O) groups is 1. The molecule has 1 aliphatic carbocycles. The third-order valence-electron chi connectivity index (χ3n) is 5.45. The summed E-state index contributed by atoms with van der Waals surface area (Å²) < 4.78 is 0. The highest BCUT2D eigenvalue weighted by molar-refractivity contribution is 5.76. The van der Waals surface area contributed by atoms with E-state index in [4.69, 9.17) is 0 Å². The molecule has 1 saturated heterocycles. The minimum absolute atomic E-state index is 0.168. The lowest BCUT2D eigenvalue weighted by Crippen LogP contribution is -2.53. The molecule has 23 heavy (non-hydrogen) atoms. The molecule has 4 heteroatoms. The smallest absolute Gasteiger partial charge is 0.222 e. The number of piperazine rings is 1. The monoisotopic (exact) mass is 316 g/mol. The highest BCUT2D eigenvalue weighted by Crippen LogP contribution is 2.25. The minimum Gasteiger partial charge on any atom is -0.391 e. The van der Waals surface area contributed by atoms with E-state index in [-0.39, 0.29) is 12.0 Å². The van der Waals surface area contributed by atoms with Gasteiger partial charge in [0.1, 0.15) is 0 Å². The van der Waals surface area contributed by atoms with Crippen LogP contribution in [0.2, 0.25) is 0 Å². The van der Waals surface area contributed by atoms with Crippen molar-refractivity contribution in [1.82, 2.24) is 9.80 Å². The van der Waals surface area contributed by atoms with Gasteiger partial charge in [0.2, 0.25) is 5.91 Å². The molecule has 3 rings (SSSR count). The average Bonchev–Trinajstić information content (AvgIpc) is 3.00. The number of amides is 1. The largest absolute Gasteiger partial charge is 0.391 e. The van der Waals surface area contributed by atoms with Gasteiger partial charge in [0.15, 0.2) is 0 Å². The number of aliphatic hydroxyl groups excluding tert-OH is 1. The predicted molar refractivity (Wildman–Crippen MR) is 91.3 cm³/mol. The first-order valence-corrected chi connectivity index (χ1v) is 8.89. The summed E-state index contributed by atoms with van der Waals surface area (Å²) in [6.45, 7) is 5.51. The number of rotatable bonds is 4. The van der Waals surface area contributed by atoms with Crippen molar-refractivity contribution < 1.29 is 9.90 Å². The van der Waals surface area contributed by atoms with E-state index in [2.05, 4.69) is 24.0 Å². The summed E-state index contributed by atoms with van der Waals surface area (Å²) in [6.07, 6.45) is 4.41. The molecule has 1 aliphatic heterocycles. The summed E-state index contributed by atoms with van der Waals surface area (Å²) in [6, 6.07) is 8.61. The van der Waals surface area contributed by atoms with E-state index in [1.807, 2.05) is 17.0 Å². The fraction of sp³-hybridized carbons (Fsp3) is 0.632. The summed E-state index contributed by atoms with van der Waals surface area (Å²) >= 11 is 0. The number of hydrogen-bond donors (Lipinski definition) is 1. The van der Waals surface area contributed by atoms with Gasteiger partial charge < -0.3 is 10.0 Å². The van der Waals surface area contributed by atoms with Crippen LogP contribution < -0.4 is 0 Å². The van der Waals surface area contributed by atoms with Gasteiger partial charge in [0, 0.05) is 38.6 Å². The number of aliphatic hydroxyl groups is 1. The molecular weight excluding hydrogens is 288 g/mol. The van der Waals surface area contributed by atoms with E-state index in [0.717, 1.165) is 51.9 Å². The van der Waals surface area contributed by atoms with Crippen molar-refractivity contribution in [3.05, 3.63) is 35.4 Å². The van der Waals surface area contributed by atoms with Crippen molar-refractivity contribution in [2.45, 2.75) is 51.2 Å². The van der Waals surface area contributed by atoms with Crippen LogP contribution in [0.4, 0.5) is 0 Å². The molecule has 1 amide bonds. The first-order chi connectivity index (χ1) is 11.1. The fourth-order valence-electron chi connectivity index (χ4n) is 3.94. The van der Waals surface area contributed by atoms with E-state index >= 15 is 0 Å². The van der Waals surface area contributed by atoms with Crippen LogP contribution in [0, 0.1) is 6.92 Å². The van der Waals surface area contributed by atoms with Crippen molar-refractivity contribution in [3.8, 4) is 0 Å². The molecule has 0 spiro atoms. The van der Waals surface area contributed by atoms with Crippen LogP contribution >= 0.6 is 0 Å². The van der Waals surface area contributed by atoms with Gasteiger partial charge in [-0.25, -0.2) is 0 Å². The lowest BCUT2D eigenvalue weighted by molar-refractivity contribution is -0.133. The van der Waals surface area contributed by atoms with Crippen LogP contribution in [0.5, 0.6) is 0 Å². The first kappa shape index (κ1) is 16.5. The lowest BCUT2D eigenvalue weighted by atomic mass is 10.0. The van der Waals surface area contributed by atoms with Crippen molar-refractivity contribution in [2.75, 3.05) is 26.2 Å². The van der Waals surface area contributed by atoms with Crippen LogP contribution in [0.1, 0.15) is 36.8 Å². The van der Waals surface area contributed by atoms with E-state index in [1.54, 1.807) is 0 Å². The van der Waals surface area contributed by atoms with Crippen LogP contribution in [-0.2, 0) is 11.2 Å². The van der Waals surface area contributed by atoms with E-state index in [1.165, 1.54) is 11.1 Å². The molecule has 0 radical (unpaired) electrons. The second kappa shape index (κ2) is 7.45. The Kier molecular flexibility index (Phi) is 5.34. The van der Waals surface area contributed by atoms with Gasteiger partial charge in [-0.1, -0.05) is 24.3 Å². The van der Waals surface area contributed by atoms with Crippen LogP contribution in [0.25, 0.3) is 0 Å². The van der Waals surface area contributed by atoms with E-state index < -0.39 is 0 Å². The molecule has 1 heterocycles. The van der Waals surface area contributed by atoms with E-state index in [9.17, 15) is 9.90 Å². The second-order valence-corrected chi connectivity index (χ2v) is 6.91. The molecule has 0 bridgehead atoms. The number of hydrogen-bond acceptors (Lipinski definition) is 3. The Morgan fingerprint density at radius 1 is 1.17 bits per heavy atom. The molecule has 1 aromatic rings. The maximum absolute atomic E-state index is 12.4. The quantitative estimate of drug-likeness (QED) is 0.924. The molecule has 2 atom stereocenters. The van der Waals surface area contributed by atoms with Gasteiger partial charge in [-0.05, 0) is 43.7 Å². The van der Waals surface area contributed by atoms with Crippen LogP contribution in [0.15, 0.2) is 24.3 Å². The van der Waals surface area contributed by atoms with Crippen molar-refractivity contribution >= 4 is 5.91 Å². The summed E-state index contributed by atoms with van der Waals surface area (Å²) in [4.78, 5) is 16.8. The Bertz CT molecular complexity index is 538. The summed E-state index contributed by atoms with van der Waals surface area (Å²) in [5.74, 6) is 0.264. The first-order valence-electron chi connectivity index (χ1n) is 8.89. The molecule has 2 fully saturated rings. The molecule has 0 aromatic heterocycles. The second-order valence-electron chi connectivity index (χ2n) is 6.91. The molecule has 2 aliphatic rings. The Morgan fingerprint density at radius 3 is 2.57 bits per heavy atom. The fourth-order valence-corrected chi connectivity index (χ4v) is 3.94. The normalized spacial score (nSPS) is 25.7. The van der Waals surface area contributed by atoms with Gasteiger partial charge in [-0.15, -0.1) is 0 Å². The Hall–Kier alpha value is -1.39. The molecule has 0 unspecified atom stereocenters. The van der Waals surface area contributed by atoms with E-state index in [0.29, 0.717) is 12.5 Å². The topological polar surface area (TPSA) is 43.8 Å². The summed E-state index contributed by atoms with van der Waals surface area (Å²) in [7, 11) is 0. The summed E-state index contributed by atoms with van der Waals surface area (Å²) in [5, 5.41) is 10.0. The predicted octanol–water partition coefficient (Wildman–Crippen LogP) is 1.99. The molecule has 1 saturated carbocycles. The molecule has 126 valence electrons. The molecular formula is C19H28N2O2. The van der Waals surface area contributed by atoms with Crippen molar-refractivity contribution in [3.63, 3.8) is 0 Å². The maximum atomic E-state index is 12.4. The number of aryl methyl sites for hydroxylation is 2. The molecule has 1 aromatic carbocycles.